The molecule has 0 aliphatic heterocycles. The Balaban J connectivity index is 1.72. The van der Waals surface area contributed by atoms with Gasteiger partial charge in [-0.15, -0.1) is 5.10 Å². The predicted octanol–water partition coefficient (Wildman–Crippen LogP) is 5.04. The van der Waals surface area contributed by atoms with E-state index in [0.29, 0.717) is 6.04 Å². The summed E-state index contributed by atoms with van der Waals surface area (Å²) in [4.78, 5) is 2.50. The molecular weight excluding hydrogens is 352 g/mol. The Morgan fingerprint density at radius 3 is 2.80 bits per heavy atom. The van der Waals surface area contributed by atoms with Crippen LogP contribution in [0.3, 0.4) is 0 Å². The summed E-state index contributed by atoms with van der Waals surface area (Å²) in [6, 6.07) is 8.50. The highest BCUT2D eigenvalue weighted by atomic mass is 32.1. The Hall–Kier alpha value is -1.44. The molecule has 1 heterocycles. The van der Waals surface area contributed by atoms with Gasteiger partial charge in [-0.25, -0.2) is 4.68 Å². The number of hydrogen-bond acceptors (Lipinski definition) is 6. The lowest BCUT2D eigenvalue weighted by Gasteiger charge is -2.33. The van der Waals surface area contributed by atoms with Crippen LogP contribution in [-0.4, -0.2) is 34.4 Å². The van der Waals surface area contributed by atoms with Crippen LogP contribution < -0.4 is 10.1 Å². The van der Waals surface area contributed by atoms with Crippen LogP contribution in [-0.2, 0) is 6.67 Å². The molecule has 1 aromatic heterocycles. The zero-order chi connectivity index (χ0) is 17.6. The highest BCUT2D eigenvalue weighted by Gasteiger charge is 2.21. The van der Waals surface area contributed by atoms with Gasteiger partial charge < -0.3 is 10.1 Å². The van der Waals surface area contributed by atoms with Crippen molar-refractivity contribution >= 4 is 34.4 Å². The third kappa shape index (κ3) is 4.59. The maximum absolute atomic E-state index is 5.54. The summed E-state index contributed by atoms with van der Waals surface area (Å²) < 4.78 is 8.13. The number of ether oxygens (including phenoxy) is 1. The second-order valence-electron chi connectivity index (χ2n) is 6.34. The molecule has 25 heavy (non-hydrogen) atoms. The van der Waals surface area contributed by atoms with Gasteiger partial charge in [-0.3, -0.25) is 4.90 Å². The smallest absolute Gasteiger partial charge is 0.209 e. The molecule has 5 nitrogen and oxygen atoms in total. The molecule has 2 aromatic rings. The van der Waals surface area contributed by atoms with Crippen LogP contribution in [0.4, 0.5) is 10.8 Å². The minimum atomic E-state index is 0.660. The van der Waals surface area contributed by atoms with Crippen molar-refractivity contribution in [2.45, 2.75) is 51.7 Å². The second-order valence-corrected chi connectivity index (χ2v) is 7.96. The number of nitrogens with one attached hydrogen (secondary N) is 1. The third-order valence-electron chi connectivity index (χ3n) is 4.77. The molecule has 0 amide bonds. The van der Waals surface area contributed by atoms with Crippen molar-refractivity contribution < 1.29 is 4.74 Å². The number of para-hydroxylation sites is 2. The fourth-order valence-corrected chi connectivity index (χ4v) is 4.41. The van der Waals surface area contributed by atoms with Gasteiger partial charge in [-0.1, -0.05) is 49.7 Å². The Morgan fingerprint density at radius 1 is 1.32 bits per heavy atom. The topological polar surface area (TPSA) is 42.3 Å². The molecule has 3 rings (SSSR count). The van der Waals surface area contributed by atoms with E-state index < -0.39 is 0 Å². The van der Waals surface area contributed by atoms with Crippen LogP contribution in [0.1, 0.15) is 39.0 Å². The molecule has 0 bridgehead atoms. The molecule has 136 valence electrons. The average Bonchev–Trinajstić information content (AvgIpc) is 2.99. The van der Waals surface area contributed by atoms with Gasteiger partial charge in [0.05, 0.1) is 19.5 Å². The van der Waals surface area contributed by atoms with Crippen molar-refractivity contribution in [3.05, 3.63) is 28.2 Å². The zero-order valence-corrected chi connectivity index (χ0v) is 16.5. The molecule has 1 aliphatic rings. The first-order chi connectivity index (χ1) is 12.2. The fourth-order valence-electron chi connectivity index (χ4n) is 3.40. The van der Waals surface area contributed by atoms with Gasteiger partial charge >= 0.3 is 0 Å². The number of methoxy groups -OCH3 is 1. The molecule has 0 radical (unpaired) electrons. The monoisotopic (exact) mass is 378 g/mol. The largest absolute Gasteiger partial charge is 0.495 e. The summed E-state index contributed by atoms with van der Waals surface area (Å²) >= 11 is 7.04. The van der Waals surface area contributed by atoms with E-state index >= 15 is 0 Å². The van der Waals surface area contributed by atoms with E-state index in [9.17, 15) is 0 Å². The summed E-state index contributed by atoms with van der Waals surface area (Å²) in [5.41, 5.74) is 0.903. The van der Waals surface area contributed by atoms with Crippen molar-refractivity contribution in [1.29, 1.82) is 0 Å². The molecule has 1 aliphatic carbocycles. The van der Waals surface area contributed by atoms with E-state index in [1.165, 1.54) is 43.4 Å². The molecule has 1 saturated carbocycles. The van der Waals surface area contributed by atoms with Crippen LogP contribution in [0.25, 0.3) is 0 Å². The molecule has 1 fully saturated rings. The van der Waals surface area contributed by atoms with Crippen LogP contribution in [0.15, 0.2) is 24.3 Å². The molecule has 0 spiro atoms. The highest BCUT2D eigenvalue weighted by Crippen LogP contribution is 2.29. The highest BCUT2D eigenvalue weighted by molar-refractivity contribution is 7.73. The van der Waals surface area contributed by atoms with Crippen molar-refractivity contribution in [3.8, 4) is 5.75 Å². The summed E-state index contributed by atoms with van der Waals surface area (Å²) in [7, 11) is 1.67. The SMILES string of the molecule is CCN(Cn1nc(Nc2ccccc2OC)sc1=S)C1CCCCC1. The molecule has 0 unspecified atom stereocenters. The Bertz CT molecular complexity index is 737. The predicted molar refractivity (Wildman–Crippen MR) is 106 cm³/mol. The lowest BCUT2D eigenvalue weighted by molar-refractivity contribution is 0.119. The lowest BCUT2D eigenvalue weighted by Crippen LogP contribution is -2.38. The van der Waals surface area contributed by atoms with Gasteiger partial charge in [0.2, 0.25) is 5.13 Å². The van der Waals surface area contributed by atoms with Gasteiger partial charge in [0, 0.05) is 6.04 Å². The first-order valence-electron chi connectivity index (χ1n) is 8.93. The van der Waals surface area contributed by atoms with E-state index in [1.54, 1.807) is 7.11 Å². The number of anilines is 2. The number of benzene rings is 1. The summed E-state index contributed by atoms with van der Waals surface area (Å²) in [6.45, 7) is 4.02. The minimum absolute atomic E-state index is 0.660. The number of rotatable bonds is 7. The first-order valence-corrected chi connectivity index (χ1v) is 10.2. The van der Waals surface area contributed by atoms with Crippen molar-refractivity contribution in [2.75, 3.05) is 19.0 Å². The van der Waals surface area contributed by atoms with Crippen molar-refractivity contribution in [2.24, 2.45) is 0 Å². The first kappa shape index (κ1) is 18.4. The maximum Gasteiger partial charge on any atom is 0.209 e. The van der Waals surface area contributed by atoms with E-state index in [2.05, 4.69) is 22.2 Å². The standard InChI is InChI=1S/C18H26N4OS2/c1-3-21(14-9-5-4-6-10-14)13-22-18(24)25-17(20-22)19-15-11-7-8-12-16(15)23-2/h7-8,11-12,14H,3-6,9-10,13H2,1-2H3,(H,19,20). The van der Waals surface area contributed by atoms with Gasteiger partial charge in [0.1, 0.15) is 5.75 Å². The molecule has 7 heteroatoms. The van der Waals surface area contributed by atoms with Crippen LogP contribution in [0, 0.1) is 3.95 Å². The van der Waals surface area contributed by atoms with E-state index in [4.69, 9.17) is 17.0 Å². The minimum Gasteiger partial charge on any atom is -0.495 e. The van der Waals surface area contributed by atoms with Crippen molar-refractivity contribution in [3.63, 3.8) is 0 Å². The molecule has 0 saturated heterocycles. The number of aromatic nitrogens is 2. The second kappa shape index (κ2) is 8.78. The Kier molecular flexibility index (Phi) is 6.45. The summed E-state index contributed by atoms with van der Waals surface area (Å²) in [6.07, 6.45) is 6.63. The molecular formula is C18H26N4OS2. The lowest BCUT2D eigenvalue weighted by atomic mass is 9.94. The third-order valence-corrected chi connectivity index (χ3v) is 5.99. The van der Waals surface area contributed by atoms with E-state index in [1.807, 2.05) is 28.9 Å². The van der Waals surface area contributed by atoms with Gasteiger partial charge in [0.15, 0.2) is 3.95 Å². The quantitative estimate of drug-likeness (QED) is 0.684. The fraction of sp³-hybridized carbons (Fsp3) is 0.556. The normalized spacial score (nSPS) is 15.5. The molecule has 0 atom stereocenters. The van der Waals surface area contributed by atoms with Gasteiger partial charge in [-0.05, 0) is 43.7 Å². The van der Waals surface area contributed by atoms with Crippen LogP contribution >= 0.6 is 23.6 Å². The van der Waals surface area contributed by atoms with Gasteiger partial charge in [-0.2, -0.15) is 0 Å². The van der Waals surface area contributed by atoms with E-state index in [-0.39, 0.29) is 0 Å². The molecule has 1 aromatic carbocycles. The maximum atomic E-state index is 5.54. The zero-order valence-electron chi connectivity index (χ0n) is 14.9. The molecule has 1 N–H and O–H groups in total. The Morgan fingerprint density at radius 2 is 2.08 bits per heavy atom. The van der Waals surface area contributed by atoms with Gasteiger partial charge in [0.25, 0.3) is 0 Å². The number of nitrogens with zero attached hydrogens (tertiary/aromatic N) is 3. The van der Waals surface area contributed by atoms with E-state index in [0.717, 1.165) is 33.7 Å². The summed E-state index contributed by atoms with van der Waals surface area (Å²) in [5.74, 6) is 0.799. The Labute approximate surface area is 158 Å². The average molecular weight is 379 g/mol. The van der Waals surface area contributed by atoms with Crippen LogP contribution in [0.2, 0.25) is 0 Å². The van der Waals surface area contributed by atoms with Crippen LogP contribution in [0.5, 0.6) is 5.75 Å². The van der Waals surface area contributed by atoms with Crippen molar-refractivity contribution in [1.82, 2.24) is 14.7 Å². The number of hydrogen-bond donors (Lipinski definition) is 1. The summed E-state index contributed by atoms with van der Waals surface area (Å²) in [5, 5.41) is 8.82.